The molecule has 1 aromatic rings. The molecule has 4 nitrogen and oxygen atoms in total. The van der Waals surface area contributed by atoms with Gasteiger partial charge in [0.05, 0.1) is 19.9 Å². The number of nitrogens with zero attached hydrogens (tertiary/aromatic N) is 1. The lowest BCUT2D eigenvalue weighted by molar-refractivity contribution is -0.117. The number of thiol groups is 1. The smallest absolute Gasteiger partial charge is 0.227 e. The molecule has 1 fully saturated rings. The Kier molecular flexibility index (Phi) is 4.01. The fraction of sp³-hybridized carbons (Fsp3) is 0.462. The van der Waals surface area contributed by atoms with Crippen LogP contribution < -0.4 is 14.4 Å². The molecule has 0 saturated carbocycles. The molecule has 18 heavy (non-hydrogen) atoms. The Morgan fingerprint density at radius 2 is 2.17 bits per heavy atom. The number of carbonyl (C=O) groups excluding carboxylic acids is 1. The highest BCUT2D eigenvalue weighted by Gasteiger charge is 2.31. The quantitative estimate of drug-likeness (QED) is 0.848. The number of hydrogen-bond donors (Lipinski definition) is 1. The Labute approximate surface area is 112 Å². The molecule has 1 aliphatic heterocycles. The van der Waals surface area contributed by atoms with Crippen molar-refractivity contribution in [2.24, 2.45) is 5.92 Å². The maximum Gasteiger partial charge on any atom is 0.227 e. The van der Waals surface area contributed by atoms with Crippen molar-refractivity contribution in [2.45, 2.75) is 6.42 Å². The van der Waals surface area contributed by atoms with Crippen LogP contribution in [-0.2, 0) is 4.79 Å². The first-order valence-corrected chi connectivity index (χ1v) is 6.46. The fourth-order valence-electron chi connectivity index (χ4n) is 2.14. The Hall–Kier alpha value is -1.36. The van der Waals surface area contributed by atoms with E-state index in [0.29, 0.717) is 36.1 Å². The first-order valence-electron chi connectivity index (χ1n) is 5.82. The molecule has 1 aromatic carbocycles. The lowest BCUT2D eigenvalue weighted by Gasteiger charge is -2.20. The minimum absolute atomic E-state index is 0.112. The van der Waals surface area contributed by atoms with E-state index < -0.39 is 0 Å². The standard InChI is InChI=1S/C13H17NO3S/c1-16-10-3-4-12(17-2)11(6-10)14-7-9(8-18)5-13(14)15/h3-4,6,9,18H,5,7-8H2,1-2H3. The van der Waals surface area contributed by atoms with E-state index in [0.717, 1.165) is 5.69 Å². The van der Waals surface area contributed by atoms with Crippen LogP contribution in [0.15, 0.2) is 18.2 Å². The van der Waals surface area contributed by atoms with Gasteiger partial charge in [-0.3, -0.25) is 4.79 Å². The summed E-state index contributed by atoms with van der Waals surface area (Å²) in [4.78, 5) is 13.8. The molecule has 0 aromatic heterocycles. The summed E-state index contributed by atoms with van der Waals surface area (Å²) in [6, 6.07) is 5.46. The molecule has 0 spiro atoms. The zero-order valence-corrected chi connectivity index (χ0v) is 11.4. The van der Waals surface area contributed by atoms with Crippen molar-refractivity contribution in [3.05, 3.63) is 18.2 Å². The second kappa shape index (κ2) is 5.52. The predicted molar refractivity (Wildman–Crippen MR) is 73.9 cm³/mol. The van der Waals surface area contributed by atoms with Crippen LogP contribution in [0.3, 0.4) is 0 Å². The normalized spacial score (nSPS) is 19.2. The zero-order valence-electron chi connectivity index (χ0n) is 10.5. The lowest BCUT2D eigenvalue weighted by atomic mass is 10.1. The maximum atomic E-state index is 12.0. The van der Waals surface area contributed by atoms with E-state index in [1.165, 1.54) is 0 Å². The van der Waals surface area contributed by atoms with Crippen LogP contribution in [-0.4, -0.2) is 32.4 Å². The summed E-state index contributed by atoms with van der Waals surface area (Å²) in [7, 11) is 3.20. The summed E-state index contributed by atoms with van der Waals surface area (Å²) >= 11 is 4.26. The van der Waals surface area contributed by atoms with E-state index in [-0.39, 0.29) is 5.91 Å². The number of hydrogen-bond acceptors (Lipinski definition) is 4. The van der Waals surface area contributed by atoms with Crippen LogP contribution in [0.2, 0.25) is 0 Å². The Bertz CT molecular complexity index is 450. The van der Waals surface area contributed by atoms with Gasteiger partial charge >= 0.3 is 0 Å². The monoisotopic (exact) mass is 267 g/mol. The van der Waals surface area contributed by atoms with Gasteiger partial charge in [-0.1, -0.05) is 0 Å². The van der Waals surface area contributed by atoms with Gasteiger partial charge in [0.25, 0.3) is 0 Å². The molecule has 2 rings (SSSR count). The lowest BCUT2D eigenvalue weighted by Crippen LogP contribution is -2.25. The number of benzene rings is 1. The Morgan fingerprint density at radius 3 is 2.72 bits per heavy atom. The van der Waals surface area contributed by atoms with Crippen molar-refractivity contribution < 1.29 is 14.3 Å². The molecule has 0 aliphatic carbocycles. The molecule has 0 N–H and O–H groups in total. The molecular formula is C13H17NO3S. The van der Waals surface area contributed by atoms with Crippen molar-refractivity contribution in [1.82, 2.24) is 0 Å². The SMILES string of the molecule is COc1ccc(OC)c(N2CC(CS)CC2=O)c1. The molecular weight excluding hydrogens is 250 g/mol. The number of ether oxygens (including phenoxy) is 2. The topological polar surface area (TPSA) is 38.8 Å². The molecule has 5 heteroatoms. The van der Waals surface area contributed by atoms with Gasteiger partial charge in [0.1, 0.15) is 11.5 Å². The number of methoxy groups -OCH3 is 2. The number of anilines is 1. The van der Waals surface area contributed by atoms with Crippen molar-refractivity contribution in [1.29, 1.82) is 0 Å². The van der Waals surface area contributed by atoms with Gasteiger partial charge in [0.15, 0.2) is 0 Å². The van der Waals surface area contributed by atoms with Gasteiger partial charge in [-0.25, -0.2) is 0 Å². The second-order valence-corrected chi connectivity index (χ2v) is 4.66. The van der Waals surface area contributed by atoms with Crippen LogP contribution in [0.1, 0.15) is 6.42 Å². The summed E-state index contributed by atoms with van der Waals surface area (Å²) < 4.78 is 10.5. The first kappa shape index (κ1) is 13.1. The van der Waals surface area contributed by atoms with Gasteiger partial charge in [0.2, 0.25) is 5.91 Å². The summed E-state index contributed by atoms with van der Waals surface area (Å²) in [5, 5.41) is 0. The molecule has 1 saturated heterocycles. The van der Waals surface area contributed by atoms with Crippen LogP contribution >= 0.6 is 12.6 Å². The Balaban J connectivity index is 2.34. The van der Waals surface area contributed by atoms with Crippen LogP contribution in [0.5, 0.6) is 11.5 Å². The highest BCUT2D eigenvalue weighted by molar-refractivity contribution is 7.80. The van der Waals surface area contributed by atoms with E-state index in [4.69, 9.17) is 9.47 Å². The van der Waals surface area contributed by atoms with Crippen molar-refractivity contribution in [3.8, 4) is 11.5 Å². The molecule has 1 aliphatic rings. The highest BCUT2D eigenvalue weighted by atomic mass is 32.1. The first-order chi connectivity index (χ1) is 8.69. The molecule has 98 valence electrons. The van der Waals surface area contributed by atoms with Gasteiger partial charge in [-0.2, -0.15) is 12.6 Å². The van der Waals surface area contributed by atoms with E-state index in [2.05, 4.69) is 12.6 Å². The van der Waals surface area contributed by atoms with Gasteiger partial charge in [-0.05, 0) is 23.8 Å². The largest absolute Gasteiger partial charge is 0.497 e. The van der Waals surface area contributed by atoms with Crippen molar-refractivity contribution in [2.75, 3.05) is 31.4 Å². The third-order valence-electron chi connectivity index (χ3n) is 3.14. The van der Waals surface area contributed by atoms with E-state index in [9.17, 15) is 4.79 Å². The van der Waals surface area contributed by atoms with Crippen LogP contribution in [0.25, 0.3) is 0 Å². The van der Waals surface area contributed by atoms with Gasteiger partial charge in [-0.15, -0.1) is 0 Å². The minimum atomic E-state index is 0.112. The Morgan fingerprint density at radius 1 is 1.39 bits per heavy atom. The molecule has 0 radical (unpaired) electrons. The summed E-state index contributed by atoms with van der Waals surface area (Å²) in [6.45, 7) is 0.686. The zero-order chi connectivity index (χ0) is 13.1. The van der Waals surface area contributed by atoms with E-state index in [1.807, 2.05) is 18.2 Å². The summed E-state index contributed by atoms with van der Waals surface area (Å²) in [5.74, 6) is 2.53. The van der Waals surface area contributed by atoms with Crippen LogP contribution in [0, 0.1) is 5.92 Å². The molecule has 1 amide bonds. The van der Waals surface area contributed by atoms with E-state index >= 15 is 0 Å². The average molecular weight is 267 g/mol. The second-order valence-electron chi connectivity index (χ2n) is 4.29. The fourth-order valence-corrected chi connectivity index (χ4v) is 2.39. The van der Waals surface area contributed by atoms with E-state index in [1.54, 1.807) is 19.1 Å². The van der Waals surface area contributed by atoms with Gasteiger partial charge in [0, 0.05) is 19.0 Å². The third kappa shape index (κ3) is 2.41. The molecule has 1 heterocycles. The molecule has 0 bridgehead atoms. The summed E-state index contributed by atoms with van der Waals surface area (Å²) in [5.41, 5.74) is 0.770. The number of carbonyl (C=O) groups is 1. The average Bonchev–Trinajstić information content (AvgIpc) is 2.79. The highest BCUT2D eigenvalue weighted by Crippen LogP contribution is 2.36. The maximum absolute atomic E-state index is 12.0. The van der Waals surface area contributed by atoms with Crippen LogP contribution in [0.4, 0.5) is 5.69 Å². The number of rotatable bonds is 4. The molecule has 1 unspecified atom stereocenters. The third-order valence-corrected chi connectivity index (χ3v) is 3.66. The number of amides is 1. The minimum Gasteiger partial charge on any atom is -0.497 e. The van der Waals surface area contributed by atoms with Gasteiger partial charge < -0.3 is 14.4 Å². The summed E-state index contributed by atoms with van der Waals surface area (Å²) in [6.07, 6.45) is 0.546. The predicted octanol–water partition coefficient (Wildman–Crippen LogP) is 1.99. The van der Waals surface area contributed by atoms with Crippen molar-refractivity contribution in [3.63, 3.8) is 0 Å². The van der Waals surface area contributed by atoms with Crippen molar-refractivity contribution >= 4 is 24.2 Å². The molecule has 1 atom stereocenters.